The molecule has 7 aromatic rings. The van der Waals surface area contributed by atoms with Crippen LogP contribution >= 0.6 is 0 Å². The van der Waals surface area contributed by atoms with Crippen LogP contribution in [0.15, 0.2) is 109 Å². The van der Waals surface area contributed by atoms with E-state index in [2.05, 4.69) is 32.4 Å². The summed E-state index contributed by atoms with van der Waals surface area (Å²) in [5, 5.41) is 7.38. The molecule has 62 heavy (non-hydrogen) atoms. The molecule has 14 nitrogen and oxygen atoms in total. The van der Waals surface area contributed by atoms with Crippen LogP contribution in [0.1, 0.15) is 83.8 Å². The lowest BCUT2D eigenvalue weighted by Crippen LogP contribution is -2.42. The number of carbonyl (C=O) groups excluding carboxylic acids is 4. The van der Waals surface area contributed by atoms with Crippen molar-refractivity contribution in [3.05, 3.63) is 143 Å². The number of hydrogen-bond acceptors (Lipinski definition) is 8. The normalized spacial score (nSPS) is 17.1. The zero-order valence-corrected chi connectivity index (χ0v) is 34.2. The third-order valence-corrected chi connectivity index (χ3v) is 11.7. The van der Waals surface area contributed by atoms with E-state index in [0.717, 1.165) is 69.6 Å². The molecule has 0 saturated carbocycles. The first-order chi connectivity index (χ1) is 30.3. The molecule has 312 valence electrons. The molecule has 4 N–H and O–H groups in total. The molecule has 0 aliphatic carbocycles. The molecule has 2 aliphatic heterocycles. The Kier molecular flexibility index (Phi) is 11.0. The summed E-state index contributed by atoms with van der Waals surface area (Å²) < 4.78 is 9.68. The fourth-order valence-electron chi connectivity index (χ4n) is 8.65. The maximum Gasteiger partial charge on any atom is 0.407 e. The van der Waals surface area contributed by atoms with Crippen molar-refractivity contribution in [2.75, 3.05) is 27.3 Å². The van der Waals surface area contributed by atoms with Gasteiger partial charge in [-0.3, -0.25) is 9.59 Å². The Morgan fingerprint density at radius 1 is 0.645 bits per heavy atom. The topological polar surface area (TPSA) is 175 Å². The first-order valence-corrected chi connectivity index (χ1v) is 20.6. The molecule has 2 fully saturated rings. The molecule has 5 aromatic carbocycles. The first-order valence-electron chi connectivity index (χ1n) is 20.6. The lowest BCUT2D eigenvalue weighted by atomic mass is 10.0. The van der Waals surface area contributed by atoms with Crippen molar-refractivity contribution in [1.82, 2.24) is 40.4 Å². The maximum atomic E-state index is 14.0. The fraction of sp³-hybridized carbons (Fsp3) is 0.250. The van der Waals surface area contributed by atoms with E-state index in [4.69, 9.17) is 19.4 Å². The van der Waals surface area contributed by atoms with Crippen LogP contribution in [0.2, 0.25) is 0 Å². The smallest absolute Gasteiger partial charge is 0.407 e. The summed E-state index contributed by atoms with van der Waals surface area (Å²) in [6.07, 6.45) is 1.72. The predicted molar refractivity (Wildman–Crippen MR) is 232 cm³/mol. The van der Waals surface area contributed by atoms with Crippen LogP contribution in [0.5, 0.6) is 0 Å². The standard InChI is InChI=1S/C48H44N8O6/c1-61-47(59)53-40(31-11-5-3-6-12-31)45(57)55-25-9-15-38(55)43-49-35-23-20-30(28-37(35)51-43)18-17-29-19-22-34-33(27-29)21-24-36-42(34)52-44(50-36)39-16-10-26-56(39)46(58)41(54-48(60)62-2)32-13-7-4-8-14-32/h3-8,11-14,19-24,27-28,38-41H,9-10,15-16,25-26H2,1-2H3,(H,49,51)(H,50,52)(H,53,59)(H,54,60)/t38-,39-,40-,41-/m0/s1. The lowest BCUT2D eigenvalue weighted by molar-refractivity contribution is -0.135. The molecule has 4 atom stereocenters. The minimum atomic E-state index is -0.897. The fourth-order valence-corrected chi connectivity index (χ4v) is 8.65. The van der Waals surface area contributed by atoms with Gasteiger partial charge in [0.25, 0.3) is 11.8 Å². The SMILES string of the molecule is COC(=O)N[C@H](C(=O)N1CCC[C@H]1c1nc2ccc(C#Cc3ccc4c(ccc5[nH]c([C@@H]6CCCN6C(=O)[C@@H](NC(=O)OC)c6ccccc6)nc54)c3)cc2[nH]1)c1ccccc1. The number of alkyl carbamates (subject to hydrolysis) is 2. The van der Waals surface area contributed by atoms with E-state index in [1.807, 2.05) is 109 Å². The van der Waals surface area contributed by atoms with Crippen LogP contribution in [0, 0.1) is 11.8 Å². The number of carbonyl (C=O) groups is 4. The van der Waals surface area contributed by atoms with E-state index in [0.29, 0.717) is 35.9 Å². The van der Waals surface area contributed by atoms with Crippen LogP contribution in [0.4, 0.5) is 9.59 Å². The van der Waals surface area contributed by atoms with Crippen LogP contribution < -0.4 is 10.6 Å². The van der Waals surface area contributed by atoms with Gasteiger partial charge in [-0.25, -0.2) is 19.6 Å². The van der Waals surface area contributed by atoms with Gasteiger partial charge < -0.3 is 39.9 Å². The van der Waals surface area contributed by atoms with Gasteiger partial charge in [-0.05, 0) is 78.6 Å². The average Bonchev–Trinajstić information content (AvgIpc) is 4.15. The van der Waals surface area contributed by atoms with Crippen molar-refractivity contribution in [3.8, 4) is 11.8 Å². The Balaban J connectivity index is 0.927. The van der Waals surface area contributed by atoms with Crippen LogP contribution in [-0.2, 0) is 19.1 Å². The number of fused-ring (bicyclic) bond motifs is 4. The number of aromatic amines is 2. The van der Waals surface area contributed by atoms with Crippen LogP contribution in [-0.4, -0.2) is 81.0 Å². The minimum absolute atomic E-state index is 0.222. The second kappa shape index (κ2) is 17.1. The number of aromatic nitrogens is 4. The summed E-state index contributed by atoms with van der Waals surface area (Å²) in [6.45, 7) is 1.08. The van der Waals surface area contributed by atoms with Gasteiger partial charge in [-0.1, -0.05) is 84.6 Å². The Morgan fingerprint density at radius 3 is 1.76 bits per heavy atom. The Bertz CT molecular complexity index is 2880. The van der Waals surface area contributed by atoms with E-state index >= 15 is 0 Å². The largest absolute Gasteiger partial charge is 0.453 e. The number of likely N-dealkylation sites (tertiary alicyclic amines) is 2. The van der Waals surface area contributed by atoms with E-state index in [1.165, 1.54) is 14.2 Å². The molecule has 2 aromatic heterocycles. The van der Waals surface area contributed by atoms with Gasteiger partial charge in [0.1, 0.15) is 23.7 Å². The number of rotatable bonds is 8. The highest BCUT2D eigenvalue weighted by atomic mass is 16.5. The van der Waals surface area contributed by atoms with Crippen LogP contribution in [0.3, 0.4) is 0 Å². The molecule has 0 unspecified atom stereocenters. The van der Waals surface area contributed by atoms with Crippen molar-refractivity contribution < 1.29 is 28.7 Å². The highest BCUT2D eigenvalue weighted by Gasteiger charge is 2.38. The highest BCUT2D eigenvalue weighted by molar-refractivity contribution is 6.04. The quantitative estimate of drug-likeness (QED) is 0.114. The van der Waals surface area contributed by atoms with Crippen molar-refractivity contribution in [3.63, 3.8) is 0 Å². The van der Waals surface area contributed by atoms with E-state index in [1.54, 1.807) is 9.80 Å². The summed E-state index contributed by atoms with van der Waals surface area (Å²) >= 11 is 0. The Labute approximate surface area is 357 Å². The van der Waals surface area contributed by atoms with E-state index in [9.17, 15) is 19.2 Å². The molecule has 14 heteroatoms. The second-order valence-corrected chi connectivity index (χ2v) is 15.5. The molecule has 4 amide bonds. The third-order valence-electron chi connectivity index (χ3n) is 11.7. The predicted octanol–water partition coefficient (Wildman–Crippen LogP) is 7.51. The van der Waals surface area contributed by atoms with Crippen LogP contribution in [0.25, 0.3) is 32.8 Å². The van der Waals surface area contributed by atoms with Gasteiger partial charge in [0.05, 0.1) is 48.4 Å². The number of amides is 4. The third kappa shape index (κ3) is 7.88. The number of hydrogen-bond donors (Lipinski definition) is 4. The van der Waals surface area contributed by atoms with Gasteiger partial charge in [0, 0.05) is 29.6 Å². The number of imidazole rings is 2. The van der Waals surface area contributed by atoms with Gasteiger partial charge in [-0.15, -0.1) is 0 Å². The molecule has 9 rings (SSSR count). The molecule has 0 spiro atoms. The average molecular weight is 829 g/mol. The summed E-state index contributed by atoms with van der Waals surface area (Å²) in [7, 11) is 2.56. The van der Waals surface area contributed by atoms with Crippen molar-refractivity contribution in [2.24, 2.45) is 0 Å². The van der Waals surface area contributed by atoms with E-state index in [-0.39, 0.29) is 23.9 Å². The van der Waals surface area contributed by atoms with Gasteiger partial charge in [0.2, 0.25) is 0 Å². The number of nitrogens with zero attached hydrogens (tertiary/aromatic N) is 4. The van der Waals surface area contributed by atoms with Gasteiger partial charge in [0.15, 0.2) is 0 Å². The Hall–Kier alpha value is -7.66. The number of ether oxygens (including phenoxy) is 2. The molecule has 2 aliphatic rings. The monoisotopic (exact) mass is 828 g/mol. The molecular formula is C48H44N8O6. The summed E-state index contributed by atoms with van der Waals surface area (Å²) in [5.41, 5.74) is 6.23. The number of methoxy groups -OCH3 is 2. The first kappa shape index (κ1) is 39.8. The molecule has 4 heterocycles. The molecule has 0 radical (unpaired) electrons. The van der Waals surface area contributed by atoms with Crippen molar-refractivity contribution in [2.45, 2.75) is 49.9 Å². The number of benzene rings is 5. The summed E-state index contributed by atoms with van der Waals surface area (Å²) in [6, 6.07) is 31.9. The maximum absolute atomic E-state index is 14.0. The number of H-pyrrole nitrogens is 2. The molecule has 0 bridgehead atoms. The molecule has 2 saturated heterocycles. The van der Waals surface area contributed by atoms with Crippen molar-refractivity contribution in [1.29, 1.82) is 0 Å². The lowest BCUT2D eigenvalue weighted by Gasteiger charge is -2.28. The zero-order chi connectivity index (χ0) is 42.7. The second-order valence-electron chi connectivity index (χ2n) is 15.5. The van der Waals surface area contributed by atoms with E-state index < -0.39 is 24.3 Å². The highest BCUT2D eigenvalue weighted by Crippen LogP contribution is 2.36. The summed E-state index contributed by atoms with van der Waals surface area (Å²) in [4.78, 5) is 72.9. The zero-order valence-electron chi connectivity index (χ0n) is 34.2. The van der Waals surface area contributed by atoms with Gasteiger partial charge in [-0.2, -0.15) is 0 Å². The number of nitrogens with one attached hydrogen (secondary N) is 4. The molecular weight excluding hydrogens is 785 g/mol. The minimum Gasteiger partial charge on any atom is -0.453 e. The van der Waals surface area contributed by atoms with Gasteiger partial charge >= 0.3 is 12.2 Å². The Morgan fingerprint density at radius 2 is 1.18 bits per heavy atom. The van der Waals surface area contributed by atoms with Crippen molar-refractivity contribution >= 4 is 56.8 Å². The summed E-state index contributed by atoms with van der Waals surface area (Å²) in [5.74, 6) is 7.55.